The van der Waals surface area contributed by atoms with E-state index in [1.165, 1.54) is 0 Å². The zero-order valence-corrected chi connectivity index (χ0v) is 11.4. The Bertz CT molecular complexity index is 616. The van der Waals surface area contributed by atoms with Gasteiger partial charge < -0.3 is 11.1 Å². The van der Waals surface area contributed by atoms with Crippen LogP contribution in [0.15, 0.2) is 24.3 Å². The van der Waals surface area contributed by atoms with E-state index in [2.05, 4.69) is 10.4 Å². The van der Waals surface area contributed by atoms with Crippen molar-refractivity contribution in [3.05, 3.63) is 41.2 Å². The first-order valence-electron chi connectivity index (χ1n) is 6.13. The van der Waals surface area contributed by atoms with Gasteiger partial charge in [0.25, 0.3) is 0 Å². The molecule has 1 amide bonds. The van der Waals surface area contributed by atoms with Crippen LogP contribution in [0.1, 0.15) is 17.0 Å². The highest BCUT2D eigenvalue weighted by Gasteiger charge is 2.11. The van der Waals surface area contributed by atoms with Crippen LogP contribution in [-0.4, -0.2) is 15.7 Å². The average Bonchev–Trinajstić information content (AvgIpc) is 2.57. The fourth-order valence-electron chi connectivity index (χ4n) is 1.92. The van der Waals surface area contributed by atoms with Crippen molar-refractivity contribution in [3.8, 4) is 0 Å². The average molecular weight is 258 g/mol. The van der Waals surface area contributed by atoms with E-state index in [4.69, 9.17) is 5.73 Å². The molecule has 1 aromatic carbocycles. The smallest absolute Gasteiger partial charge is 0.246 e. The molecule has 0 unspecified atom stereocenters. The van der Waals surface area contributed by atoms with E-state index < -0.39 is 0 Å². The van der Waals surface area contributed by atoms with Gasteiger partial charge in [-0.3, -0.25) is 9.48 Å². The Kier molecular flexibility index (Phi) is 3.55. The predicted octanol–water partition coefficient (Wildman–Crippen LogP) is 2.03. The number of rotatable bonds is 3. The maximum atomic E-state index is 12.0. The van der Waals surface area contributed by atoms with Crippen LogP contribution >= 0.6 is 0 Å². The van der Waals surface area contributed by atoms with Gasteiger partial charge in [0.15, 0.2) is 0 Å². The third-order valence-corrected chi connectivity index (χ3v) is 3.03. The normalized spacial score (nSPS) is 10.5. The maximum Gasteiger partial charge on any atom is 0.246 e. The van der Waals surface area contributed by atoms with Gasteiger partial charge >= 0.3 is 0 Å². The number of hydrogen-bond donors (Lipinski definition) is 2. The summed E-state index contributed by atoms with van der Waals surface area (Å²) in [5.74, 6) is -0.115. The van der Waals surface area contributed by atoms with Crippen LogP contribution in [-0.2, 0) is 11.3 Å². The highest BCUT2D eigenvalue weighted by molar-refractivity contribution is 5.90. The quantitative estimate of drug-likeness (QED) is 0.884. The topological polar surface area (TPSA) is 72.9 Å². The molecule has 0 aliphatic carbocycles. The summed E-state index contributed by atoms with van der Waals surface area (Å²) in [5.41, 5.74) is 9.94. The zero-order valence-electron chi connectivity index (χ0n) is 11.4. The number of benzene rings is 1. The number of amides is 1. The minimum atomic E-state index is -0.115. The second-order valence-electron chi connectivity index (χ2n) is 4.66. The van der Waals surface area contributed by atoms with Crippen LogP contribution in [0.2, 0.25) is 0 Å². The predicted molar refractivity (Wildman–Crippen MR) is 75.9 cm³/mol. The fourth-order valence-corrected chi connectivity index (χ4v) is 1.92. The fraction of sp³-hybridized carbons (Fsp3) is 0.286. The van der Waals surface area contributed by atoms with Crippen LogP contribution in [0.4, 0.5) is 11.4 Å². The van der Waals surface area contributed by atoms with Gasteiger partial charge in [-0.05, 0) is 38.5 Å². The number of nitrogen functional groups attached to an aromatic ring is 1. The zero-order chi connectivity index (χ0) is 14.0. The van der Waals surface area contributed by atoms with Gasteiger partial charge in [0.1, 0.15) is 6.54 Å². The van der Waals surface area contributed by atoms with E-state index in [0.717, 1.165) is 22.6 Å². The summed E-state index contributed by atoms with van der Waals surface area (Å²) in [6.07, 6.45) is 0. The van der Waals surface area contributed by atoms with Gasteiger partial charge in [0, 0.05) is 5.69 Å². The Hall–Kier alpha value is -2.30. The highest BCUT2D eigenvalue weighted by atomic mass is 16.2. The van der Waals surface area contributed by atoms with Crippen molar-refractivity contribution in [3.63, 3.8) is 0 Å². The van der Waals surface area contributed by atoms with Crippen LogP contribution < -0.4 is 11.1 Å². The monoisotopic (exact) mass is 258 g/mol. The molecule has 0 fully saturated rings. The molecule has 19 heavy (non-hydrogen) atoms. The molecule has 0 saturated heterocycles. The summed E-state index contributed by atoms with van der Waals surface area (Å²) in [5, 5.41) is 7.09. The molecule has 1 heterocycles. The van der Waals surface area contributed by atoms with Gasteiger partial charge in [-0.15, -0.1) is 0 Å². The summed E-state index contributed by atoms with van der Waals surface area (Å²) >= 11 is 0. The van der Waals surface area contributed by atoms with Crippen molar-refractivity contribution in [1.82, 2.24) is 9.78 Å². The molecule has 0 spiro atoms. The molecule has 5 heteroatoms. The summed E-state index contributed by atoms with van der Waals surface area (Å²) in [7, 11) is 0. The SMILES string of the molecule is Cc1cccc(NC(=O)Cn2nc(C)c(N)c2C)c1. The second-order valence-corrected chi connectivity index (χ2v) is 4.66. The van der Waals surface area contributed by atoms with E-state index in [9.17, 15) is 4.79 Å². The lowest BCUT2D eigenvalue weighted by Crippen LogP contribution is -2.20. The maximum absolute atomic E-state index is 12.0. The second kappa shape index (κ2) is 5.14. The van der Waals surface area contributed by atoms with Gasteiger partial charge in [-0.2, -0.15) is 5.10 Å². The van der Waals surface area contributed by atoms with E-state index in [-0.39, 0.29) is 12.5 Å². The number of nitrogens with two attached hydrogens (primary N) is 1. The van der Waals surface area contributed by atoms with Crippen molar-refractivity contribution in [1.29, 1.82) is 0 Å². The molecule has 100 valence electrons. The van der Waals surface area contributed by atoms with Gasteiger partial charge in [0.05, 0.1) is 17.1 Å². The third-order valence-electron chi connectivity index (χ3n) is 3.03. The molecule has 0 atom stereocenters. The van der Waals surface area contributed by atoms with Crippen LogP contribution in [0, 0.1) is 20.8 Å². The number of nitrogens with zero attached hydrogens (tertiary/aromatic N) is 2. The Balaban J connectivity index is 2.07. The summed E-state index contributed by atoms with van der Waals surface area (Å²) in [6, 6.07) is 7.68. The number of carbonyl (C=O) groups excluding carboxylic acids is 1. The molecule has 0 saturated carbocycles. The largest absolute Gasteiger partial charge is 0.396 e. The Morgan fingerprint density at radius 3 is 2.68 bits per heavy atom. The molecule has 0 aliphatic heterocycles. The Morgan fingerprint density at radius 1 is 1.37 bits per heavy atom. The molecule has 5 nitrogen and oxygen atoms in total. The summed E-state index contributed by atoms with van der Waals surface area (Å²) < 4.78 is 1.62. The standard InChI is InChI=1S/C14H18N4O/c1-9-5-4-6-12(7-9)16-13(19)8-18-11(3)14(15)10(2)17-18/h4-7H,8,15H2,1-3H3,(H,16,19). The molecule has 0 aliphatic rings. The number of aryl methyl sites for hydroxylation is 2. The lowest BCUT2D eigenvalue weighted by molar-refractivity contribution is -0.116. The van der Waals surface area contributed by atoms with Crippen molar-refractivity contribution >= 4 is 17.3 Å². The van der Waals surface area contributed by atoms with Gasteiger partial charge in [-0.25, -0.2) is 0 Å². The number of hydrogen-bond acceptors (Lipinski definition) is 3. The van der Waals surface area contributed by atoms with Gasteiger partial charge in [-0.1, -0.05) is 12.1 Å². The molecular formula is C14H18N4O. The van der Waals surface area contributed by atoms with E-state index in [1.54, 1.807) is 4.68 Å². The van der Waals surface area contributed by atoms with E-state index in [1.807, 2.05) is 45.0 Å². The number of aromatic nitrogens is 2. The minimum Gasteiger partial charge on any atom is -0.396 e. The molecule has 0 radical (unpaired) electrons. The first-order valence-corrected chi connectivity index (χ1v) is 6.13. The van der Waals surface area contributed by atoms with E-state index >= 15 is 0 Å². The van der Waals surface area contributed by atoms with Crippen LogP contribution in [0.25, 0.3) is 0 Å². The van der Waals surface area contributed by atoms with Crippen molar-refractivity contribution in [2.45, 2.75) is 27.3 Å². The van der Waals surface area contributed by atoms with Crippen molar-refractivity contribution in [2.24, 2.45) is 0 Å². The van der Waals surface area contributed by atoms with Crippen LogP contribution in [0.5, 0.6) is 0 Å². The Labute approximate surface area is 112 Å². The summed E-state index contributed by atoms with van der Waals surface area (Å²) in [6.45, 7) is 5.84. The van der Waals surface area contributed by atoms with Gasteiger partial charge in [0.2, 0.25) is 5.91 Å². The number of carbonyl (C=O) groups is 1. The molecule has 2 rings (SSSR count). The summed E-state index contributed by atoms with van der Waals surface area (Å²) in [4.78, 5) is 12.0. The molecule has 3 N–H and O–H groups in total. The molecular weight excluding hydrogens is 240 g/mol. The number of nitrogens with one attached hydrogen (secondary N) is 1. The lowest BCUT2D eigenvalue weighted by atomic mass is 10.2. The van der Waals surface area contributed by atoms with Crippen LogP contribution in [0.3, 0.4) is 0 Å². The highest BCUT2D eigenvalue weighted by Crippen LogP contribution is 2.15. The first kappa shape index (κ1) is 13.1. The molecule has 0 bridgehead atoms. The van der Waals surface area contributed by atoms with Crippen molar-refractivity contribution < 1.29 is 4.79 Å². The molecule has 1 aromatic heterocycles. The number of anilines is 2. The minimum absolute atomic E-state index is 0.115. The lowest BCUT2D eigenvalue weighted by Gasteiger charge is -2.07. The molecule has 2 aromatic rings. The van der Waals surface area contributed by atoms with Crippen molar-refractivity contribution in [2.75, 3.05) is 11.1 Å². The van der Waals surface area contributed by atoms with E-state index in [0.29, 0.717) is 5.69 Å². The Morgan fingerprint density at radius 2 is 2.11 bits per heavy atom. The third kappa shape index (κ3) is 2.93. The first-order chi connectivity index (χ1) is 8.97.